The molecule has 2 N–H and O–H groups in total. The second-order valence-corrected chi connectivity index (χ2v) is 6.04. The van der Waals surface area contributed by atoms with Crippen molar-refractivity contribution in [2.24, 2.45) is 0 Å². The number of ether oxygens (including phenoxy) is 2. The van der Waals surface area contributed by atoms with Gasteiger partial charge in [-0.2, -0.15) is 4.98 Å². The fraction of sp³-hybridized carbons (Fsp3) is 0.222. The Labute approximate surface area is 163 Å². The number of hydrogen-bond acceptors (Lipinski definition) is 8. The number of furan rings is 1. The van der Waals surface area contributed by atoms with Crippen LogP contribution in [-0.2, 0) is 16.1 Å². The van der Waals surface area contributed by atoms with Crippen LogP contribution in [0.1, 0.15) is 39.2 Å². The number of rotatable bonds is 5. The summed E-state index contributed by atoms with van der Waals surface area (Å²) in [6.07, 6.45) is 0. The molecule has 0 radical (unpaired) electrons. The van der Waals surface area contributed by atoms with Crippen molar-refractivity contribution in [3.8, 4) is 0 Å². The highest BCUT2D eigenvalue weighted by atomic mass is 35.5. The first-order valence-corrected chi connectivity index (χ1v) is 8.55. The maximum atomic E-state index is 13.8. The zero-order valence-electron chi connectivity index (χ0n) is 14.9. The Balaban J connectivity index is 1.87. The molecule has 0 amide bonds. The molecule has 3 aromatic rings. The van der Waals surface area contributed by atoms with Crippen molar-refractivity contribution in [1.82, 2.24) is 9.97 Å². The molecule has 3 rings (SSSR count). The van der Waals surface area contributed by atoms with Crippen molar-refractivity contribution in [3.05, 3.63) is 51.8 Å². The Hall–Kier alpha value is -3.20. The second kappa shape index (κ2) is 7.81. The van der Waals surface area contributed by atoms with Crippen molar-refractivity contribution < 1.29 is 27.9 Å². The zero-order valence-corrected chi connectivity index (χ0v) is 15.7. The Morgan fingerprint density at radius 3 is 2.61 bits per heavy atom. The molecule has 2 heterocycles. The molecular weight excluding hydrogens is 393 g/mol. The Bertz CT molecular complexity index is 1060. The normalized spacial score (nSPS) is 10.9. The van der Waals surface area contributed by atoms with Gasteiger partial charge in [-0.1, -0.05) is 17.7 Å². The van der Waals surface area contributed by atoms with Crippen LogP contribution in [0, 0.1) is 12.7 Å². The van der Waals surface area contributed by atoms with E-state index in [9.17, 15) is 14.0 Å². The van der Waals surface area contributed by atoms with Crippen molar-refractivity contribution >= 4 is 40.5 Å². The van der Waals surface area contributed by atoms with Crippen LogP contribution in [0.2, 0.25) is 5.02 Å². The number of fused-ring (bicyclic) bond motifs is 1. The molecule has 0 fully saturated rings. The third kappa shape index (κ3) is 3.61. The summed E-state index contributed by atoms with van der Waals surface area (Å²) in [6.45, 7) is 3.01. The lowest BCUT2D eigenvalue weighted by atomic mass is 10.2. The first-order valence-electron chi connectivity index (χ1n) is 8.17. The van der Waals surface area contributed by atoms with Crippen LogP contribution in [0.3, 0.4) is 0 Å². The van der Waals surface area contributed by atoms with E-state index in [0.717, 1.165) is 6.07 Å². The SMILES string of the molecule is CCOC(=O)c1c(C)oc2nc(COC(=O)c3c(F)cccc3Cl)nc(N)c12. The number of nitrogens with zero attached hydrogens (tertiary/aromatic N) is 2. The summed E-state index contributed by atoms with van der Waals surface area (Å²) in [5.74, 6) is -2.17. The Morgan fingerprint density at radius 2 is 1.93 bits per heavy atom. The highest BCUT2D eigenvalue weighted by Crippen LogP contribution is 2.29. The fourth-order valence-electron chi connectivity index (χ4n) is 2.59. The molecule has 8 nitrogen and oxygen atoms in total. The standard InChI is InChI=1S/C18H15ClFN3O5/c1-3-26-17(24)12-8(2)28-16-14(12)15(21)22-11(23-16)7-27-18(25)13-9(19)5-4-6-10(13)20/h4-6H,3,7H2,1-2H3,(H2,21,22,23). The molecule has 0 saturated heterocycles. The number of aryl methyl sites for hydroxylation is 1. The number of hydrogen-bond donors (Lipinski definition) is 1. The molecule has 0 bridgehead atoms. The van der Waals surface area contributed by atoms with E-state index in [-0.39, 0.29) is 45.7 Å². The third-order valence-electron chi connectivity index (χ3n) is 3.78. The minimum Gasteiger partial charge on any atom is -0.462 e. The maximum Gasteiger partial charge on any atom is 0.343 e. The molecule has 146 valence electrons. The molecule has 2 aromatic heterocycles. The molecule has 0 aliphatic rings. The summed E-state index contributed by atoms with van der Waals surface area (Å²) >= 11 is 5.83. The van der Waals surface area contributed by atoms with Crippen LogP contribution < -0.4 is 5.73 Å². The van der Waals surface area contributed by atoms with Gasteiger partial charge in [0.1, 0.15) is 28.5 Å². The van der Waals surface area contributed by atoms with Gasteiger partial charge >= 0.3 is 11.9 Å². The van der Waals surface area contributed by atoms with Crippen LogP contribution in [-0.4, -0.2) is 28.5 Å². The summed E-state index contributed by atoms with van der Waals surface area (Å²) in [7, 11) is 0. The molecule has 0 saturated carbocycles. The zero-order chi connectivity index (χ0) is 20.4. The highest BCUT2D eigenvalue weighted by molar-refractivity contribution is 6.33. The molecule has 28 heavy (non-hydrogen) atoms. The van der Waals surface area contributed by atoms with E-state index in [1.54, 1.807) is 13.8 Å². The smallest absolute Gasteiger partial charge is 0.343 e. The van der Waals surface area contributed by atoms with E-state index in [4.69, 9.17) is 31.2 Å². The molecule has 0 unspecified atom stereocenters. The minimum atomic E-state index is -0.979. The van der Waals surface area contributed by atoms with E-state index in [1.807, 2.05) is 0 Å². The average Bonchev–Trinajstić information content (AvgIpc) is 2.96. The summed E-state index contributed by atoms with van der Waals surface area (Å²) < 4.78 is 29.3. The summed E-state index contributed by atoms with van der Waals surface area (Å²) in [6, 6.07) is 3.82. The molecule has 1 aromatic carbocycles. The predicted molar refractivity (Wildman–Crippen MR) is 97.4 cm³/mol. The van der Waals surface area contributed by atoms with Gasteiger partial charge in [0.25, 0.3) is 0 Å². The first kappa shape index (κ1) is 19.6. The van der Waals surface area contributed by atoms with Crippen molar-refractivity contribution in [3.63, 3.8) is 0 Å². The van der Waals surface area contributed by atoms with Crippen molar-refractivity contribution in [1.29, 1.82) is 0 Å². The van der Waals surface area contributed by atoms with Crippen LogP contribution in [0.5, 0.6) is 0 Å². The minimum absolute atomic E-state index is 0.00923. The second-order valence-electron chi connectivity index (χ2n) is 5.63. The fourth-order valence-corrected chi connectivity index (χ4v) is 2.83. The van der Waals surface area contributed by atoms with Crippen LogP contribution >= 0.6 is 11.6 Å². The number of halogens is 2. The van der Waals surface area contributed by atoms with Gasteiger partial charge in [0.15, 0.2) is 12.4 Å². The van der Waals surface area contributed by atoms with Crippen molar-refractivity contribution in [2.75, 3.05) is 12.3 Å². The lowest BCUT2D eigenvalue weighted by Crippen LogP contribution is -2.11. The molecule has 10 heteroatoms. The van der Waals surface area contributed by atoms with Crippen LogP contribution in [0.4, 0.5) is 10.2 Å². The monoisotopic (exact) mass is 407 g/mol. The van der Waals surface area contributed by atoms with E-state index in [0.29, 0.717) is 0 Å². The van der Waals surface area contributed by atoms with Crippen molar-refractivity contribution in [2.45, 2.75) is 20.5 Å². The number of nitrogen functional groups attached to an aromatic ring is 1. The van der Waals surface area contributed by atoms with Gasteiger partial charge in [0, 0.05) is 0 Å². The van der Waals surface area contributed by atoms with E-state index >= 15 is 0 Å². The number of esters is 2. The van der Waals surface area contributed by atoms with Gasteiger partial charge in [-0.05, 0) is 26.0 Å². The number of benzene rings is 1. The van der Waals surface area contributed by atoms with Crippen LogP contribution in [0.15, 0.2) is 22.6 Å². The predicted octanol–water partition coefficient (Wildman–Crippen LogP) is 3.44. The van der Waals surface area contributed by atoms with E-state index in [2.05, 4.69) is 9.97 Å². The molecule has 0 aliphatic carbocycles. The van der Waals surface area contributed by atoms with E-state index in [1.165, 1.54) is 12.1 Å². The quantitative estimate of drug-likeness (QED) is 0.639. The molecular formula is C18H15ClFN3O5. The maximum absolute atomic E-state index is 13.8. The lowest BCUT2D eigenvalue weighted by Gasteiger charge is -2.07. The van der Waals surface area contributed by atoms with Gasteiger partial charge in [-0.15, -0.1) is 0 Å². The third-order valence-corrected chi connectivity index (χ3v) is 4.10. The average molecular weight is 408 g/mol. The molecule has 0 atom stereocenters. The summed E-state index contributed by atoms with van der Waals surface area (Å²) in [4.78, 5) is 32.3. The van der Waals surface area contributed by atoms with Gasteiger partial charge in [-0.3, -0.25) is 0 Å². The largest absolute Gasteiger partial charge is 0.462 e. The van der Waals surface area contributed by atoms with Gasteiger partial charge in [0.05, 0.1) is 17.0 Å². The number of carbonyl (C=O) groups is 2. The number of carbonyl (C=O) groups excluding carboxylic acids is 2. The van der Waals surface area contributed by atoms with Gasteiger partial charge < -0.3 is 19.6 Å². The summed E-state index contributed by atoms with van der Waals surface area (Å²) in [5, 5.41) is 0.129. The first-order chi connectivity index (χ1) is 13.3. The topological polar surface area (TPSA) is 118 Å². The highest BCUT2D eigenvalue weighted by Gasteiger charge is 2.24. The summed E-state index contributed by atoms with van der Waals surface area (Å²) in [5.41, 5.74) is 5.72. The number of anilines is 1. The number of nitrogens with two attached hydrogens (primary N) is 1. The lowest BCUT2D eigenvalue weighted by molar-refractivity contribution is 0.0456. The van der Waals surface area contributed by atoms with Gasteiger partial charge in [0.2, 0.25) is 5.71 Å². The Morgan fingerprint density at radius 1 is 1.21 bits per heavy atom. The molecule has 0 aliphatic heterocycles. The van der Waals surface area contributed by atoms with Gasteiger partial charge in [-0.25, -0.2) is 19.0 Å². The van der Waals surface area contributed by atoms with Crippen LogP contribution in [0.25, 0.3) is 11.1 Å². The van der Waals surface area contributed by atoms with E-state index < -0.39 is 29.9 Å². The Kier molecular flexibility index (Phi) is 5.46. The molecule has 0 spiro atoms. The number of aromatic nitrogens is 2.